The van der Waals surface area contributed by atoms with Crippen molar-refractivity contribution in [3.05, 3.63) is 35.4 Å². The summed E-state index contributed by atoms with van der Waals surface area (Å²) in [6.45, 7) is 5.19. The van der Waals surface area contributed by atoms with E-state index in [1.807, 2.05) is 0 Å². The molecule has 0 amide bonds. The Morgan fingerprint density at radius 3 is 2.57 bits per heavy atom. The molecule has 2 N–H and O–H groups in total. The van der Waals surface area contributed by atoms with Gasteiger partial charge >= 0.3 is 5.97 Å². The Hall–Kier alpha value is -1.06. The van der Waals surface area contributed by atoms with Gasteiger partial charge < -0.3 is 10.2 Å². The van der Waals surface area contributed by atoms with Crippen LogP contribution in [0, 0.1) is 0 Å². The molecule has 3 nitrogen and oxygen atoms in total. The summed E-state index contributed by atoms with van der Waals surface area (Å²) in [6.07, 6.45) is 3.39. The van der Waals surface area contributed by atoms with E-state index in [-0.39, 0.29) is 10.6 Å². The third-order valence-corrected chi connectivity index (χ3v) is 1.88. The van der Waals surface area contributed by atoms with Gasteiger partial charge in [-0.1, -0.05) is 29.8 Å². The van der Waals surface area contributed by atoms with E-state index in [4.69, 9.17) is 16.7 Å². The Kier molecular flexibility index (Phi) is 5.92. The van der Waals surface area contributed by atoms with Gasteiger partial charge in [0.25, 0.3) is 0 Å². The third-order valence-electron chi connectivity index (χ3n) is 1.51. The van der Waals surface area contributed by atoms with E-state index in [1.54, 1.807) is 19.1 Å². The van der Waals surface area contributed by atoms with E-state index in [9.17, 15) is 9.90 Å². The zero-order valence-corrected chi connectivity index (χ0v) is 8.66. The summed E-state index contributed by atoms with van der Waals surface area (Å²) in [5.74, 6) is -1.32. The molecule has 0 aliphatic heterocycles. The minimum absolute atomic E-state index is 0.196. The van der Waals surface area contributed by atoms with Crippen molar-refractivity contribution in [3.63, 3.8) is 0 Å². The molecule has 0 rings (SSSR count). The van der Waals surface area contributed by atoms with Gasteiger partial charge in [-0.2, -0.15) is 0 Å². The number of aliphatic carboxylic acids is 1. The SMILES string of the molecule is C=CCC(Cl)=C(C=CC)C(O)C(=O)O. The van der Waals surface area contributed by atoms with E-state index in [1.165, 1.54) is 6.08 Å². The van der Waals surface area contributed by atoms with Gasteiger partial charge in [0.15, 0.2) is 6.10 Å². The Morgan fingerprint density at radius 1 is 1.64 bits per heavy atom. The molecule has 78 valence electrons. The van der Waals surface area contributed by atoms with E-state index in [0.29, 0.717) is 6.42 Å². The van der Waals surface area contributed by atoms with Crippen LogP contribution in [0.3, 0.4) is 0 Å². The number of rotatable bonds is 5. The maximum atomic E-state index is 10.5. The second kappa shape index (κ2) is 6.40. The Labute approximate surface area is 88.0 Å². The number of aliphatic hydroxyl groups excluding tert-OH is 1. The normalized spacial score (nSPS) is 15.1. The second-order valence-electron chi connectivity index (χ2n) is 2.59. The molecule has 0 aliphatic carbocycles. The molecule has 0 aromatic rings. The molecule has 0 saturated carbocycles. The number of hydrogen-bond donors (Lipinski definition) is 2. The molecule has 4 heteroatoms. The predicted molar refractivity (Wildman–Crippen MR) is 56.1 cm³/mol. The molecule has 14 heavy (non-hydrogen) atoms. The topological polar surface area (TPSA) is 57.5 Å². The van der Waals surface area contributed by atoms with Crippen molar-refractivity contribution in [2.45, 2.75) is 19.4 Å². The van der Waals surface area contributed by atoms with Crippen molar-refractivity contribution in [1.29, 1.82) is 0 Å². The number of hydrogen-bond acceptors (Lipinski definition) is 2. The summed E-state index contributed by atoms with van der Waals surface area (Å²) >= 11 is 5.80. The second-order valence-corrected chi connectivity index (χ2v) is 3.05. The molecule has 0 radical (unpaired) electrons. The van der Waals surface area contributed by atoms with Crippen molar-refractivity contribution >= 4 is 17.6 Å². The van der Waals surface area contributed by atoms with E-state index >= 15 is 0 Å². The minimum atomic E-state index is -1.58. The number of carboxylic acids is 1. The average molecular weight is 217 g/mol. The third kappa shape index (κ3) is 3.77. The van der Waals surface area contributed by atoms with Crippen LogP contribution in [0.5, 0.6) is 0 Å². The van der Waals surface area contributed by atoms with Crippen molar-refractivity contribution in [2.24, 2.45) is 0 Å². The molecule has 0 saturated heterocycles. The molecule has 0 spiro atoms. The van der Waals surface area contributed by atoms with Crippen LogP contribution in [0.25, 0.3) is 0 Å². The Morgan fingerprint density at radius 2 is 2.21 bits per heavy atom. The molecule has 0 aromatic heterocycles. The highest BCUT2D eigenvalue weighted by Gasteiger charge is 2.19. The smallest absolute Gasteiger partial charge is 0.337 e. The first-order valence-electron chi connectivity index (χ1n) is 4.07. The highest BCUT2D eigenvalue weighted by molar-refractivity contribution is 6.30. The van der Waals surface area contributed by atoms with Gasteiger partial charge in [0, 0.05) is 17.0 Å². The lowest BCUT2D eigenvalue weighted by Crippen LogP contribution is -2.21. The summed E-state index contributed by atoms with van der Waals surface area (Å²) in [7, 11) is 0. The van der Waals surface area contributed by atoms with Crippen molar-refractivity contribution < 1.29 is 15.0 Å². The van der Waals surface area contributed by atoms with Gasteiger partial charge in [-0.3, -0.25) is 0 Å². The number of carboxylic acid groups (broad SMARTS) is 1. The summed E-state index contributed by atoms with van der Waals surface area (Å²) < 4.78 is 0. The van der Waals surface area contributed by atoms with Gasteiger partial charge in [0.2, 0.25) is 0 Å². The lowest BCUT2D eigenvalue weighted by Gasteiger charge is -2.08. The lowest BCUT2D eigenvalue weighted by atomic mass is 10.1. The quantitative estimate of drug-likeness (QED) is 0.547. The van der Waals surface area contributed by atoms with Gasteiger partial charge in [-0.15, -0.1) is 6.58 Å². The van der Waals surface area contributed by atoms with Gasteiger partial charge in [0.05, 0.1) is 0 Å². The summed E-state index contributed by atoms with van der Waals surface area (Å²) in [5, 5.41) is 18.2. The van der Waals surface area contributed by atoms with Crippen LogP contribution in [0.15, 0.2) is 35.4 Å². The maximum absolute atomic E-state index is 10.5. The van der Waals surface area contributed by atoms with Crippen LogP contribution in [0.1, 0.15) is 13.3 Å². The first kappa shape index (κ1) is 12.9. The fourth-order valence-electron chi connectivity index (χ4n) is 0.887. The van der Waals surface area contributed by atoms with Gasteiger partial charge in [0.1, 0.15) is 0 Å². The number of halogens is 1. The van der Waals surface area contributed by atoms with Gasteiger partial charge in [-0.05, 0) is 6.92 Å². The zero-order chi connectivity index (χ0) is 11.1. The Bertz CT molecular complexity index is 279. The highest BCUT2D eigenvalue weighted by Crippen LogP contribution is 2.19. The molecule has 1 unspecified atom stereocenters. The maximum Gasteiger partial charge on any atom is 0.337 e. The van der Waals surface area contributed by atoms with Crippen LogP contribution in [0.2, 0.25) is 0 Å². The molecule has 1 atom stereocenters. The molecule has 0 fully saturated rings. The fourth-order valence-corrected chi connectivity index (χ4v) is 1.16. The van der Waals surface area contributed by atoms with Gasteiger partial charge in [-0.25, -0.2) is 4.79 Å². The summed E-state index contributed by atoms with van der Waals surface area (Å²) in [4.78, 5) is 10.5. The van der Waals surface area contributed by atoms with Crippen LogP contribution >= 0.6 is 11.6 Å². The van der Waals surface area contributed by atoms with E-state index < -0.39 is 12.1 Å². The molecule has 0 bridgehead atoms. The monoisotopic (exact) mass is 216 g/mol. The molecular weight excluding hydrogens is 204 g/mol. The zero-order valence-electron chi connectivity index (χ0n) is 7.90. The predicted octanol–water partition coefficient (Wildman–Crippen LogP) is 2.08. The average Bonchev–Trinajstić information content (AvgIpc) is 2.13. The number of aliphatic hydroxyl groups is 1. The first-order valence-corrected chi connectivity index (χ1v) is 4.45. The highest BCUT2D eigenvalue weighted by atomic mass is 35.5. The van der Waals surface area contributed by atoms with Crippen LogP contribution in [-0.4, -0.2) is 22.3 Å². The van der Waals surface area contributed by atoms with Crippen LogP contribution in [-0.2, 0) is 4.79 Å². The standard InChI is InChI=1S/C10H13ClO3/c1-3-5-7(8(11)6-4-2)9(12)10(13)14/h3-5,9,12H,2,6H2,1H3,(H,13,14). The van der Waals surface area contributed by atoms with E-state index in [0.717, 1.165) is 0 Å². The van der Waals surface area contributed by atoms with Crippen molar-refractivity contribution in [2.75, 3.05) is 0 Å². The minimum Gasteiger partial charge on any atom is -0.479 e. The summed E-state index contributed by atoms with van der Waals surface area (Å²) in [6, 6.07) is 0. The van der Waals surface area contributed by atoms with Crippen LogP contribution < -0.4 is 0 Å². The van der Waals surface area contributed by atoms with Crippen molar-refractivity contribution in [1.82, 2.24) is 0 Å². The first-order chi connectivity index (χ1) is 6.54. The fraction of sp³-hybridized carbons (Fsp3) is 0.300. The van der Waals surface area contributed by atoms with Crippen molar-refractivity contribution in [3.8, 4) is 0 Å². The Balaban J connectivity index is 5.00. The number of allylic oxidation sites excluding steroid dienone is 3. The van der Waals surface area contributed by atoms with Crippen LogP contribution in [0.4, 0.5) is 0 Å². The number of carbonyl (C=O) groups is 1. The molecule has 0 aromatic carbocycles. The van der Waals surface area contributed by atoms with E-state index in [2.05, 4.69) is 6.58 Å². The molecular formula is C10H13ClO3. The largest absolute Gasteiger partial charge is 0.479 e. The molecule has 0 aliphatic rings. The summed E-state index contributed by atoms with van der Waals surface area (Å²) in [5.41, 5.74) is 0.196. The molecule has 0 heterocycles. The lowest BCUT2D eigenvalue weighted by molar-refractivity contribution is -0.144.